The van der Waals surface area contributed by atoms with Gasteiger partial charge in [-0.2, -0.15) is 0 Å². The number of carbonyl (C=O) groups excluding carboxylic acids is 3. The van der Waals surface area contributed by atoms with E-state index in [1.165, 1.54) is 0 Å². The van der Waals surface area contributed by atoms with Crippen LogP contribution in [0.25, 0.3) is 0 Å². The SMILES string of the molecule is Cc1cc(CC(=O)N2CCN(C(=O)C3CCC(=O)N3)CC2)c(C)[nH]1. The average molecular weight is 332 g/mol. The number of hydrogen-bond donors (Lipinski definition) is 2. The third-order valence-electron chi connectivity index (χ3n) is 4.84. The fraction of sp³-hybridized carbons (Fsp3) is 0.588. The predicted molar refractivity (Wildman–Crippen MR) is 88.3 cm³/mol. The van der Waals surface area contributed by atoms with Gasteiger partial charge in [0.25, 0.3) is 0 Å². The fourth-order valence-corrected chi connectivity index (χ4v) is 3.44. The van der Waals surface area contributed by atoms with Gasteiger partial charge in [0.1, 0.15) is 6.04 Å². The van der Waals surface area contributed by atoms with Crippen molar-refractivity contribution < 1.29 is 14.4 Å². The monoisotopic (exact) mass is 332 g/mol. The van der Waals surface area contributed by atoms with Gasteiger partial charge < -0.3 is 20.1 Å². The normalized spacial score (nSPS) is 21.1. The minimum absolute atomic E-state index is 0.0231. The van der Waals surface area contributed by atoms with Crippen LogP contribution in [0.2, 0.25) is 0 Å². The number of nitrogens with one attached hydrogen (secondary N) is 2. The van der Waals surface area contributed by atoms with Crippen molar-refractivity contribution in [1.29, 1.82) is 0 Å². The first kappa shape index (κ1) is 16.5. The number of H-pyrrole nitrogens is 1. The van der Waals surface area contributed by atoms with Gasteiger partial charge in [0.05, 0.1) is 6.42 Å². The molecule has 2 aliphatic heterocycles. The van der Waals surface area contributed by atoms with Crippen molar-refractivity contribution in [3.63, 3.8) is 0 Å². The van der Waals surface area contributed by atoms with E-state index in [2.05, 4.69) is 10.3 Å². The molecule has 24 heavy (non-hydrogen) atoms. The maximum atomic E-state index is 12.5. The van der Waals surface area contributed by atoms with Crippen molar-refractivity contribution in [2.45, 2.75) is 39.2 Å². The van der Waals surface area contributed by atoms with E-state index >= 15 is 0 Å². The van der Waals surface area contributed by atoms with Crippen molar-refractivity contribution in [3.05, 3.63) is 23.0 Å². The van der Waals surface area contributed by atoms with Crippen molar-refractivity contribution in [1.82, 2.24) is 20.1 Å². The van der Waals surface area contributed by atoms with Gasteiger partial charge >= 0.3 is 0 Å². The van der Waals surface area contributed by atoms with E-state index in [-0.39, 0.29) is 23.8 Å². The molecule has 3 amide bonds. The molecule has 3 rings (SSSR count). The van der Waals surface area contributed by atoms with E-state index in [1.807, 2.05) is 24.8 Å². The van der Waals surface area contributed by atoms with Crippen LogP contribution in [0, 0.1) is 13.8 Å². The number of rotatable bonds is 3. The minimum Gasteiger partial charge on any atom is -0.362 e. The Morgan fingerprint density at radius 1 is 1.17 bits per heavy atom. The Balaban J connectivity index is 1.51. The lowest BCUT2D eigenvalue weighted by Gasteiger charge is -2.36. The van der Waals surface area contributed by atoms with Crippen LogP contribution in [0.5, 0.6) is 0 Å². The third-order valence-corrected chi connectivity index (χ3v) is 4.84. The van der Waals surface area contributed by atoms with E-state index in [0.29, 0.717) is 45.4 Å². The maximum Gasteiger partial charge on any atom is 0.245 e. The lowest BCUT2D eigenvalue weighted by Crippen LogP contribution is -2.54. The molecule has 0 aliphatic carbocycles. The largest absolute Gasteiger partial charge is 0.362 e. The molecule has 0 saturated carbocycles. The lowest BCUT2D eigenvalue weighted by molar-refractivity contribution is -0.140. The van der Waals surface area contributed by atoms with Crippen molar-refractivity contribution in [2.75, 3.05) is 26.2 Å². The first-order chi connectivity index (χ1) is 11.4. The molecule has 1 unspecified atom stereocenters. The molecular weight excluding hydrogens is 308 g/mol. The first-order valence-electron chi connectivity index (χ1n) is 8.45. The van der Waals surface area contributed by atoms with Gasteiger partial charge in [-0.3, -0.25) is 14.4 Å². The molecule has 0 aromatic carbocycles. The van der Waals surface area contributed by atoms with Crippen LogP contribution >= 0.6 is 0 Å². The zero-order valence-electron chi connectivity index (χ0n) is 14.2. The van der Waals surface area contributed by atoms with Gasteiger partial charge in [-0.25, -0.2) is 0 Å². The Hall–Kier alpha value is -2.31. The van der Waals surface area contributed by atoms with E-state index in [4.69, 9.17) is 0 Å². The quantitative estimate of drug-likeness (QED) is 0.825. The highest BCUT2D eigenvalue weighted by Crippen LogP contribution is 2.14. The molecule has 0 radical (unpaired) electrons. The van der Waals surface area contributed by atoms with Gasteiger partial charge in [0, 0.05) is 44.0 Å². The molecule has 2 aliphatic rings. The second-order valence-corrected chi connectivity index (χ2v) is 6.64. The number of amides is 3. The molecule has 1 atom stereocenters. The zero-order valence-corrected chi connectivity index (χ0v) is 14.2. The summed E-state index contributed by atoms with van der Waals surface area (Å²) in [4.78, 5) is 42.9. The molecular formula is C17H24N4O3. The van der Waals surface area contributed by atoms with Crippen molar-refractivity contribution in [2.24, 2.45) is 0 Å². The molecule has 7 nitrogen and oxygen atoms in total. The molecule has 2 N–H and O–H groups in total. The van der Waals surface area contributed by atoms with Gasteiger partial charge in [-0.15, -0.1) is 0 Å². The number of carbonyl (C=O) groups is 3. The summed E-state index contributed by atoms with van der Waals surface area (Å²) in [5, 5.41) is 2.71. The smallest absolute Gasteiger partial charge is 0.245 e. The zero-order chi connectivity index (χ0) is 17.3. The Labute approximate surface area is 141 Å². The van der Waals surface area contributed by atoms with E-state index in [0.717, 1.165) is 17.0 Å². The second kappa shape index (κ2) is 6.67. The highest BCUT2D eigenvalue weighted by molar-refractivity contribution is 5.91. The number of aryl methyl sites for hydroxylation is 2. The van der Waals surface area contributed by atoms with Crippen molar-refractivity contribution >= 4 is 17.7 Å². The highest BCUT2D eigenvalue weighted by Gasteiger charge is 2.33. The Morgan fingerprint density at radius 2 is 1.83 bits per heavy atom. The summed E-state index contributed by atoms with van der Waals surface area (Å²) < 4.78 is 0. The standard InChI is InChI=1S/C17H24N4O3/c1-11-9-13(12(2)18-11)10-16(23)20-5-7-21(8-6-20)17(24)14-3-4-15(22)19-14/h9,14,18H,3-8,10H2,1-2H3,(H,19,22). The summed E-state index contributed by atoms with van der Waals surface area (Å²) >= 11 is 0. The number of piperazine rings is 1. The third kappa shape index (κ3) is 3.44. The molecule has 2 saturated heterocycles. The summed E-state index contributed by atoms with van der Waals surface area (Å²) in [7, 11) is 0. The molecule has 1 aromatic heterocycles. The van der Waals surface area contributed by atoms with E-state index in [9.17, 15) is 14.4 Å². The number of aromatic amines is 1. The Kier molecular flexibility index (Phi) is 4.59. The van der Waals surface area contributed by atoms with Gasteiger partial charge in [0.2, 0.25) is 17.7 Å². The lowest BCUT2D eigenvalue weighted by atomic mass is 10.1. The summed E-state index contributed by atoms with van der Waals surface area (Å²) in [5.74, 6) is 0.0164. The molecule has 7 heteroatoms. The van der Waals surface area contributed by atoms with Crippen LogP contribution in [-0.4, -0.2) is 64.7 Å². The molecule has 130 valence electrons. The Morgan fingerprint density at radius 3 is 2.38 bits per heavy atom. The summed E-state index contributed by atoms with van der Waals surface area (Å²) in [5.41, 5.74) is 3.13. The van der Waals surface area contributed by atoms with Crippen LogP contribution in [0.4, 0.5) is 0 Å². The molecule has 1 aromatic rings. The van der Waals surface area contributed by atoms with Crippen LogP contribution in [-0.2, 0) is 20.8 Å². The average Bonchev–Trinajstić information content (AvgIpc) is 3.12. The molecule has 3 heterocycles. The fourth-order valence-electron chi connectivity index (χ4n) is 3.44. The van der Waals surface area contributed by atoms with Gasteiger partial charge in [-0.05, 0) is 31.9 Å². The topological polar surface area (TPSA) is 85.5 Å². The van der Waals surface area contributed by atoms with Gasteiger partial charge in [0.15, 0.2) is 0 Å². The number of nitrogens with zero attached hydrogens (tertiary/aromatic N) is 2. The number of aromatic nitrogens is 1. The minimum atomic E-state index is -0.384. The Bertz CT molecular complexity index is 659. The summed E-state index contributed by atoms with van der Waals surface area (Å²) in [6.07, 6.45) is 1.38. The van der Waals surface area contributed by atoms with Crippen molar-refractivity contribution in [3.8, 4) is 0 Å². The predicted octanol–water partition coefficient (Wildman–Crippen LogP) is 0.123. The second-order valence-electron chi connectivity index (χ2n) is 6.64. The van der Waals surface area contributed by atoms with Crippen LogP contribution in [0.15, 0.2) is 6.07 Å². The maximum absolute atomic E-state index is 12.5. The van der Waals surface area contributed by atoms with Crippen LogP contribution in [0.3, 0.4) is 0 Å². The van der Waals surface area contributed by atoms with Gasteiger partial charge in [-0.1, -0.05) is 0 Å². The van der Waals surface area contributed by atoms with E-state index in [1.54, 1.807) is 4.90 Å². The molecule has 2 fully saturated rings. The summed E-state index contributed by atoms with van der Waals surface area (Å²) in [6.45, 7) is 6.11. The number of hydrogen-bond acceptors (Lipinski definition) is 3. The highest BCUT2D eigenvalue weighted by atomic mass is 16.2. The van der Waals surface area contributed by atoms with E-state index < -0.39 is 0 Å². The van der Waals surface area contributed by atoms with Crippen LogP contribution < -0.4 is 5.32 Å². The summed E-state index contributed by atoms with van der Waals surface area (Å²) in [6, 6.07) is 1.63. The first-order valence-corrected chi connectivity index (χ1v) is 8.45. The molecule has 0 bridgehead atoms. The molecule has 0 spiro atoms. The van der Waals surface area contributed by atoms with Crippen LogP contribution in [0.1, 0.15) is 29.8 Å².